The first-order chi connectivity index (χ1) is 11.3. The molecule has 0 spiro atoms. The van der Waals surface area contributed by atoms with E-state index in [4.69, 9.17) is 0 Å². The molecule has 0 saturated heterocycles. The first-order valence-corrected chi connectivity index (χ1v) is 6.59. The molecule has 24 heavy (non-hydrogen) atoms. The molecule has 3 aromatic rings. The number of rotatable bonds is 3. The normalized spacial score (nSPS) is 11.7. The molecule has 1 amide bonds. The molecular weight excluding hydrogens is 329 g/mol. The van der Waals surface area contributed by atoms with Crippen molar-refractivity contribution in [3.8, 4) is 11.4 Å². The van der Waals surface area contributed by atoms with Crippen molar-refractivity contribution in [1.29, 1.82) is 0 Å². The van der Waals surface area contributed by atoms with Crippen molar-refractivity contribution in [3.05, 3.63) is 29.7 Å². The Morgan fingerprint density at radius 1 is 1.25 bits per heavy atom. The fourth-order valence-electron chi connectivity index (χ4n) is 2.12. The Balaban J connectivity index is 1.87. The van der Waals surface area contributed by atoms with Gasteiger partial charge in [-0.1, -0.05) is 0 Å². The van der Waals surface area contributed by atoms with Gasteiger partial charge in [0.25, 0.3) is 5.91 Å². The van der Waals surface area contributed by atoms with E-state index in [-0.39, 0.29) is 11.5 Å². The highest BCUT2D eigenvalue weighted by molar-refractivity contribution is 6.03. The van der Waals surface area contributed by atoms with Crippen LogP contribution in [-0.4, -0.2) is 40.9 Å². The first kappa shape index (κ1) is 15.7. The fraction of sp³-hybridized carbons (Fsp3) is 0.250. The van der Waals surface area contributed by atoms with E-state index in [0.717, 1.165) is 7.05 Å². The molecule has 3 rings (SSSR count). The summed E-state index contributed by atoms with van der Waals surface area (Å²) in [6.07, 6.45) is -3.07. The Kier molecular flexibility index (Phi) is 3.58. The molecule has 0 bridgehead atoms. The number of aromatic nitrogens is 7. The summed E-state index contributed by atoms with van der Waals surface area (Å²) in [4.78, 5) is 12.2. The third-order valence-electron chi connectivity index (χ3n) is 3.25. The molecule has 126 valence electrons. The largest absolute Gasteiger partial charge is 0.433 e. The van der Waals surface area contributed by atoms with Gasteiger partial charge in [0.2, 0.25) is 0 Å². The van der Waals surface area contributed by atoms with Crippen LogP contribution in [0.25, 0.3) is 11.4 Å². The number of nitrogens with one attached hydrogen (secondary N) is 2. The van der Waals surface area contributed by atoms with E-state index in [9.17, 15) is 18.0 Å². The van der Waals surface area contributed by atoms with Gasteiger partial charge in [0.1, 0.15) is 5.69 Å². The van der Waals surface area contributed by atoms with Crippen LogP contribution in [0.1, 0.15) is 16.2 Å². The summed E-state index contributed by atoms with van der Waals surface area (Å²) in [6.45, 7) is 0. The van der Waals surface area contributed by atoms with E-state index < -0.39 is 17.8 Å². The summed E-state index contributed by atoms with van der Waals surface area (Å²) < 4.78 is 40.4. The zero-order valence-corrected chi connectivity index (χ0v) is 12.5. The lowest BCUT2D eigenvalue weighted by molar-refractivity contribution is -0.143. The SMILES string of the molecule is Cn1nccc1-c1n[nH]nc1NC(=O)c1cc(C(F)(F)F)n(C)n1. The number of halogens is 3. The Hall–Kier alpha value is -3.18. The maximum Gasteiger partial charge on any atom is 0.433 e. The van der Waals surface area contributed by atoms with E-state index in [1.807, 2.05) is 0 Å². The maximum atomic E-state index is 12.8. The van der Waals surface area contributed by atoms with Crippen LogP contribution in [0.2, 0.25) is 0 Å². The minimum absolute atomic E-state index is 0.0582. The second-order valence-electron chi connectivity index (χ2n) is 4.85. The third kappa shape index (κ3) is 2.73. The lowest BCUT2D eigenvalue weighted by Gasteiger charge is -2.04. The fourth-order valence-corrected chi connectivity index (χ4v) is 2.12. The zero-order chi connectivity index (χ0) is 17.5. The van der Waals surface area contributed by atoms with Crippen molar-refractivity contribution in [3.63, 3.8) is 0 Å². The lowest BCUT2D eigenvalue weighted by Crippen LogP contribution is -2.14. The van der Waals surface area contributed by atoms with Crippen molar-refractivity contribution in [1.82, 2.24) is 35.0 Å². The molecule has 0 aliphatic carbocycles. The van der Waals surface area contributed by atoms with Crippen LogP contribution in [0.5, 0.6) is 0 Å². The van der Waals surface area contributed by atoms with E-state index in [1.54, 1.807) is 13.1 Å². The predicted octanol–water partition coefficient (Wildman–Crippen LogP) is 1.21. The summed E-state index contributed by atoms with van der Waals surface area (Å²) in [5.41, 5.74) is -0.546. The van der Waals surface area contributed by atoms with Crippen molar-refractivity contribution >= 4 is 11.7 Å². The van der Waals surface area contributed by atoms with E-state index in [1.165, 1.54) is 10.9 Å². The Morgan fingerprint density at radius 3 is 2.58 bits per heavy atom. The molecule has 0 unspecified atom stereocenters. The van der Waals surface area contributed by atoms with Crippen LogP contribution in [0.3, 0.4) is 0 Å². The molecule has 9 nitrogen and oxygen atoms in total. The highest BCUT2D eigenvalue weighted by Crippen LogP contribution is 2.29. The molecule has 0 saturated carbocycles. The molecular formula is C12H11F3N8O. The van der Waals surface area contributed by atoms with Gasteiger partial charge in [-0.25, -0.2) is 0 Å². The van der Waals surface area contributed by atoms with E-state index >= 15 is 0 Å². The number of aryl methyl sites for hydroxylation is 2. The van der Waals surface area contributed by atoms with Crippen LogP contribution in [0.4, 0.5) is 19.0 Å². The number of amides is 1. The van der Waals surface area contributed by atoms with Gasteiger partial charge < -0.3 is 5.32 Å². The van der Waals surface area contributed by atoms with Gasteiger partial charge in [0, 0.05) is 26.4 Å². The molecule has 0 aliphatic heterocycles. The van der Waals surface area contributed by atoms with Crippen LogP contribution in [-0.2, 0) is 20.3 Å². The quantitative estimate of drug-likeness (QED) is 0.745. The molecule has 0 radical (unpaired) electrons. The third-order valence-corrected chi connectivity index (χ3v) is 3.25. The summed E-state index contributed by atoms with van der Waals surface area (Å²) in [6, 6.07) is 2.31. The van der Waals surface area contributed by atoms with Gasteiger partial charge in [-0.15, -0.1) is 5.10 Å². The van der Waals surface area contributed by atoms with Crippen LogP contribution in [0.15, 0.2) is 18.3 Å². The number of alkyl halides is 3. The predicted molar refractivity (Wildman–Crippen MR) is 74.7 cm³/mol. The Morgan fingerprint density at radius 2 is 2.00 bits per heavy atom. The van der Waals surface area contributed by atoms with E-state index in [0.29, 0.717) is 22.1 Å². The molecule has 2 N–H and O–H groups in total. The van der Waals surface area contributed by atoms with Gasteiger partial charge in [-0.05, 0) is 6.07 Å². The number of carbonyl (C=O) groups excluding carboxylic acids is 1. The number of nitrogens with zero attached hydrogens (tertiary/aromatic N) is 6. The van der Waals surface area contributed by atoms with Crippen LogP contribution < -0.4 is 5.32 Å². The zero-order valence-electron chi connectivity index (χ0n) is 12.5. The van der Waals surface area contributed by atoms with Gasteiger partial charge in [-0.2, -0.15) is 33.7 Å². The minimum Gasteiger partial charge on any atom is -0.302 e. The molecule has 0 fully saturated rings. The highest BCUT2D eigenvalue weighted by atomic mass is 19.4. The second-order valence-corrected chi connectivity index (χ2v) is 4.85. The van der Waals surface area contributed by atoms with Crippen LogP contribution >= 0.6 is 0 Å². The number of hydrogen-bond acceptors (Lipinski definition) is 5. The first-order valence-electron chi connectivity index (χ1n) is 6.59. The molecule has 0 aromatic carbocycles. The Labute approximate surface area is 132 Å². The average Bonchev–Trinajstić information content (AvgIpc) is 3.17. The maximum absolute atomic E-state index is 12.8. The van der Waals surface area contributed by atoms with Crippen molar-refractivity contribution in [2.45, 2.75) is 6.18 Å². The van der Waals surface area contributed by atoms with Gasteiger partial charge in [0.05, 0.1) is 5.69 Å². The minimum atomic E-state index is -4.60. The number of H-pyrrole nitrogens is 1. The smallest absolute Gasteiger partial charge is 0.302 e. The van der Waals surface area contributed by atoms with Gasteiger partial charge in [-0.3, -0.25) is 14.2 Å². The van der Waals surface area contributed by atoms with Crippen LogP contribution in [0, 0.1) is 0 Å². The number of aromatic amines is 1. The summed E-state index contributed by atoms with van der Waals surface area (Å²) in [5.74, 6) is -0.777. The lowest BCUT2D eigenvalue weighted by atomic mass is 10.3. The Bertz CT molecular complexity index is 890. The number of anilines is 1. The average molecular weight is 340 g/mol. The second kappa shape index (κ2) is 5.47. The van der Waals surface area contributed by atoms with Crippen molar-refractivity contribution in [2.24, 2.45) is 14.1 Å². The standard InChI is InChI=1S/C12H11F3N8O/c1-22-7(3-4-16-22)9-10(19-21-18-9)17-11(24)6-5-8(12(13,14)15)23(2)20-6/h3-5H,1-2H3,(H2,17,18,19,21,24). The molecule has 3 aromatic heterocycles. The van der Waals surface area contributed by atoms with Gasteiger partial charge in [0.15, 0.2) is 17.2 Å². The molecule has 0 aliphatic rings. The number of carbonyl (C=O) groups is 1. The summed E-state index contributed by atoms with van der Waals surface area (Å²) in [5, 5.41) is 20.0. The highest BCUT2D eigenvalue weighted by Gasteiger charge is 2.35. The summed E-state index contributed by atoms with van der Waals surface area (Å²) >= 11 is 0. The van der Waals surface area contributed by atoms with Crippen molar-refractivity contribution in [2.75, 3.05) is 5.32 Å². The van der Waals surface area contributed by atoms with Crippen molar-refractivity contribution < 1.29 is 18.0 Å². The summed E-state index contributed by atoms with van der Waals surface area (Å²) in [7, 11) is 2.78. The molecule has 12 heteroatoms. The molecule has 3 heterocycles. The number of hydrogen-bond donors (Lipinski definition) is 2. The monoisotopic (exact) mass is 340 g/mol. The van der Waals surface area contributed by atoms with E-state index in [2.05, 4.69) is 30.9 Å². The topological polar surface area (TPSA) is 106 Å². The van der Waals surface area contributed by atoms with Gasteiger partial charge >= 0.3 is 6.18 Å². The molecule has 0 atom stereocenters.